The fourth-order valence-corrected chi connectivity index (χ4v) is 2.91. The summed E-state index contributed by atoms with van der Waals surface area (Å²) in [6, 6.07) is 2.61. The molecule has 1 aromatic rings. The van der Waals surface area contributed by atoms with E-state index < -0.39 is 27.5 Å². The van der Waals surface area contributed by atoms with E-state index in [4.69, 9.17) is 5.11 Å². The topological polar surface area (TPSA) is 83.5 Å². The lowest BCUT2D eigenvalue weighted by atomic mass is 10.4. The summed E-state index contributed by atoms with van der Waals surface area (Å²) >= 11 is -0.370. The van der Waals surface area contributed by atoms with E-state index in [2.05, 4.69) is 0 Å². The lowest BCUT2D eigenvalue weighted by molar-refractivity contribution is -0.138. The molecule has 0 radical (unpaired) electrons. The summed E-state index contributed by atoms with van der Waals surface area (Å²) < 4.78 is 61.7. The van der Waals surface area contributed by atoms with Crippen LogP contribution in [0.25, 0.3) is 0 Å². The average Bonchev–Trinajstić information content (AvgIpc) is 2.26. The van der Waals surface area contributed by atoms with Gasteiger partial charge in [-0.05, 0) is 43.0 Å². The quantitative estimate of drug-likeness (QED) is 0.808. The highest BCUT2D eigenvalue weighted by atomic mass is 32.2. The Bertz CT molecular complexity index is 584. The maximum Gasteiger partial charge on any atom is 0.446 e. The van der Waals surface area contributed by atoms with Gasteiger partial charge in [0, 0.05) is 4.90 Å². The first-order chi connectivity index (χ1) is 9.01. The summed E-state index contributed by atoms with van der Waals surface area (Å²) in [6.07, 6.45) is 0. The third-order valence-electron chi connectivity index (χ3n) is 2.07. The zero-order chi connectivity index (χ0) is 15.6. The van der Waals surface area contributed by atoms with Crippen molar-refractivity contribution in [3.8, 4) is 0 Å². The monoisotopic (exact) mass is 329 g/mol. The van der Waals surface area contributed by atoms with Gasteiger partial charge in [-0.1, -0.05) is 0 Å². The normalized spacial score (nSPS) is 14.0. The van der Waals surface area contributed by atoms with Crippen LogP contribution in [0.5, 0.6) is 0 Å². The van der Waals surface area contributed by atoms with Crippen molar-refractivity contribution in [1.29, 1.82) is 0 Å². The van der Waals surface area contributed by atoms with Gasteiger partial charge in [0.05, 0.1) is 4.90 Å². The lowest BCUT2D eigenvalue weighted by Crippen LogP contribution is -2.38. The highest BCUT2D eigenvalue weighted by Gasteiger charge is 2.29. The number of carboxylic acids is 1. The molecule has 0 amide bonds. The molecule has 20 heavy (non-hydrogen) atoms. The van der Waals surface area contributed by atoms with E-state index in [1.807, 2.05) is 4.72 Å². The van der Waals surface area contributed by atoms with E-state index in [1.165, 1.54) is 0 Å². The first-order valence-corrected chi connectivity index (χ1v) is 7.42. The molecule has 2 N–H and O–H groups in total. The smallest absolute Gasteiger partial charge is 0.446 e. The molecule has 1 aromatic carbocycles. The Kier molecular flexibility index (Phi) is 5.05. The van der Waals surface area contributed by atoms with Crippen molar-refractivity contribution >= 4 is 27.8 Å². The van der Waals surface area contributed by atoms with Crippen LogP contribution in [0.3, 0.4) is 0 Å². The number of thioether (sulfide) groups is 1. The van der Waals surface area contributed by atoms with Gasteiger partial charge in [0.25, 0.3) is 0 Å². The number of aliphatic carboxylic acids is 1. The second-order valence-electron chi connectivity index (χ2n) is 3.70. The number of rotatable bonds is 5. The van der Waals surface area contributed by atoms with E-state index in [-0.39, 0.29) is 21.6 Å². The van der Waals surface area contributed by atoms with Crippen molar-refractivity contribution < 1.29 is 31.5 Å². The van der Waals surface area contributed by atoms with Crippen LogP contribution in [0.15, 0.2) is 34.1 Å². The predicted octanol–water partition coefficient (Wildman–Crippen LogP) is 2.05. The van der Waals surface area contributed by atoms with Gasteiger partial charge in [0.1, 0.15) is 6.04 Å². The molecule has 1 atom stereocenters. The van der Waals surface area contributed by atoms with Crippen molar-refractivity contribution in [2.45, 2.75) is 28.3 Å². The van der Waals surface area contributed by atoms with E-state index in [0.29, 0.717) is 0 Å². The second-order valence-corrected chi connectivity index (χ2v) is 6.55. The molecule has 0 heterocycles. The minimum absolute atomic E-state index is 0.164. The van der Waals surface area contributed by atoms with Crippen molar-refractivity contribution in [3.63, 3.8) is 0 Å². The number of carbonyl (C=O) groups is 1. The Morgan fingerprint density at radius 2 is 1.80 bits per heavy atom. The molecule has 0 aromatic heterocycles. The number of nitrogens with one attached hydrogen (secondary N) is 1. The number of alkyl halides is 3. The number of hydrogen-bond acceptors (Lipinski definition) is 4. The highest BCUT2D eigenvalue weighted by Crippen LogP contribution is 2.36. The van der Waals surface area contributed by atoms with E-state index >= 15 is 0 Å². The Morgan fingerprint density at radius 1 is 1.30 bits per heavy atom. The summed E-state index contributed by atoms with van der Waals surface area (Å²) in [5, 5.41) is 8.61. The summed E-state index contributed by atoms with van der Waals surface area (Å²) in [5.41, 5.74) is -4.46. The molecular weight excluding hydrogens is 319 g/mol. The fourth-order valence-electron chi connectivity index (χ4n) is 1.17. The molecule has 1 rings (SSSR count). The molecule has 10 heteroatoms. The van der Waals surface area contributed by atoms with Crippen molar-refractivity contribution in [2.24, 2.45) is 0 Å². The van der Waals surface area contributed by atoms with Crippen LogP contribution in [0, 0.1) is 0 Å². The SMILES string of the molecule is C[C@@H](NS(=O)(=O)c1ccc(SC(F)(F)F)cc1)C(=O)O. The average molecular weight is 329 g/mol. The van der Waals surface area contributed by atoms with Gasteiger partial charge in [-0.15, -0.1) is 0 Å². The fraction of sp³-hybridized carbons (Fsp3) is 0.300. The molecule has 0 saturated carbocycles. The standard InChI is InChI=1S/C10H10F3NO4S2/c1-6(9(15)16)14-20(17,18)8-4-2-7(3-5-8)19-10(11,12)13/h2-6,14H,1H3,(H,15,16)/t6-/m1/s1. The molecule has 0 saturated heterocycles. The number of hydrogen-bond donors (Lipinski definition) is 2. The second kappa shape index (κ2) is 6.02. The van der Waals surface area contributed by atoms with Crippen molar-refractivity contribution in [2.75, 3.05) is 0 Å². The van der Waals surface area contributed by atoms with E-state index in [0.717, 1.165) is 31.2 Å². The van der Waals surface area contributed by atoms with Crippen LogP contribution in [-0.2, 0) is 14.8 Å². The van der Waals surface area contributed by atoms with Crippen molar-refractivity contribution in [3.05, 3.63) is 24.3 Å². The molecule has 0 fully saturated rings. The Hall–Kier alpha value is -1.26. The summed E-state index contributed by atoms with van der Waals surface area (Å²) in [7, 11) is -4.09. The summed E-state index contributed by atoms with van der Waals surface area (Å²) in [6.45, 7) is 1.13. The van der Waals surface area contributed by atoms with Crippen LogP contribution >= 0.6 is 11.8 Å². The molecule has 0 aliphatic heterocycles. The van der Waals surface area contributed by atoms with E-state index in [1.54, 1.807) is 0 Å². The zero-order valence-electron chi connectivity index (χ0n) is 10.0. The third-order valence-corrected chi connectivity index (χ3v) is 4.37. The van der Waals surface area contributed by atoms with Gasteiger partial charge in [0.15, 0.2) is 0 Å². The number of sulfonamides is 1. The number of benzene rings is 1. The molecule has 0 unspecified atom stereocenters. The van der Waals surface area contributed by atoms with Crippen molar-refractivity contribution in [1.82, 2.24) is 4.72 Å². The number of halogens is 3. The van der Waals surface area contributed by atoms with Gasteiger partial charge in [-0.25, -0.2) is 8.42 Å². The highest BCUT2D eigenvalue weighted by molar-refractivity contribution is 8.00. The summed E-state index contributed by atoms with van der Waals surface area (Å²) in [5.74, 6) is -1.36. The molecule has 0 aliphatic carbocycles. The largest absolute Gasteiger partial charge is 0.480 e. The van der Waals surface area contributed by atoms with Gasteiger partial charge >= 0.3 is 11.5 Å². The van der Waals surface area contributed by atoms with Crippen LogP contribution in [-0.4, -0.2) is 31.0 Å². The maximum atomic E-state index is 12.1. The minimum atomic E-state index is -4.46. The Balaban J connectivity index is 2.90. The molecule has 0 bridgehead atoms. The molecule has 5 nitrogen and oxygen atoms in total. The van der Waals surface area contributed by atoms with Crippen LogP contribution in [0.4, 0.5) is 13.2 Å². The molecule has 0 spiro atoms. The zero-order valence-corrected chi connectivity index (χ0v) is 11.6. The molecule has 0 aliphatic rings. The number of carboxylic acid groups (broad SMARTS) is 1. The molecule has 112 valence electrons. The van der Waals surface area contributed by atoms with Crippen LogP contribution < -0.4 is 4.72 Å². The van der Waals surface area contributed by atoms with Crippen LogP contribution in [0.1, 0.15) is 6.92 Å². The predicted molar refractivity (Wildman–Crippen MR) is 65.8 cm³/mol. The van der Waals surface area contributed by atoms with Gasteiger partial charge in [0.2, 0.25) is 10.0 Å². The van der Waals surface area contributed by atoms with Crippen LogP contribution in [0.2, 0.25) is 0 Å². The maximum absolute atomic E-state index is 12.1. The Labute approximate surface area is 117 Å². The van der Waals surface area contributed by atoms with E-state index in [9.17, 15) is 26.4 Å². The van der Waals surface area contributed by atoms with Gasteiger partial charge < -0.3 is 5.11 Å². The first-order valence-electron chi connectivity index (χ1n) is 5.12. The Morgan fingerprint density at radius 3 is 2.20 bits per heavy atom. The lowest BCUT2D eigenvalue weighted by Gasteiger charge is -2.11. The first kappa shape index (κ1) is 16.8. The van der Waals surface area contributed by atoms with Gasteiger partial charge in [-0.2, -0.15) is 17.9 Å². The van der Waals surface area contributed by atoms with Gasteiger partial charge in [-0.3, -0.25) is 4.79 Å². The third kappa shape index (κ3) is 5.02. The summed E-state index contributed by atoms with van der Waals surface area (Å²) in [4.78, 5) is 10.1. The molecular formula is C10H10F3NO4S2. The minimum Gasteiger partial charge on any atom is -0.480 e.